The van der Waals surface area contributed by atoms with E-state index in [4.69, 9.17) is 5.11 Å². The molecule has 96 valence electrons. The van der Waals surface area contributed by atoms with Crippen LogP contribution in [0.4, 0.5) is 4.79 Å². The highest BCUT2D eigenvalue weighted by molar-refractivity contribution is 5.86. The van der Waals surface area contributed by atoms with Gasteiger partial charge >= 0.3 is 12.0 Å². The average Bonchev–Trinajstić information content (AvgIpc) is 3.07. The molecule has 1 aliphatic rings. The van der Waals surface area contributed by atoms with E-state index in [1.165, 1.54) is 0 Å². The lowest BCUT2D eigenvalue weighted by Crippen LogP contribution is -2.56. The first-order valence-corrected chi connectivity index (χ1v) is 5.91. The molecule has 0 aromatic rings. The fraction of sp³-hybridized carbons (Fsp3) is 0.667. The molecular weight excluding hydrogens is 220 g/mol. The van der Waals surface area contributed by atoms with E-state index >= 15 is 0 Å². The third kappa shape index (κ3) is 3.76. The number of aliphatic carboxylic acids is 1. The van der Waals surface area contributed by atoms with Crippen LogP contribution in [-0.2, 0) is 4.79 Å². The monoisotopic (exact) mass is 240 g/mol. The predicted octanol–water partition coefficient (Wildman–Crippen LogP) is 1.51. The summed E-state index contributed by atoms with van der Waals surface area (Å²) >= 11 is 0. The summed E-state index contributed by atoms with van der Waals surface area (Å²) in [6, 6.07) is -0.411. The van der Waals surface area contributed by atoms with Crippen molar-refractivity contribution in [2.75, 3.05) is 6.54 Å². The normalized spacial score (nSPS) is 17.9. The van der Waals surface area contributed by atoms with Gasteiger partial charge in [-0.25, -0.2) is 9.59 Å². The Hall–Kier alpha value is -1.52. The fourth-order valence-corrected chi connectivity index (χ4v) is 1.72. The number of unbranched alkanes of at least 4 members (excludes halogenated alkanes) is 1. The summed E-state index contributed by atoms with van der Waals surface area (Å²) in [5.74, 6) is -0.917. The molecule has 0 aromatic carbocycles. The molecule has 3 N–H and O–H groups in total. The van der Waals surface area contributed by atoms with E-state index in [1.807, 2.05) is 0 Å². The zero-order valence-electron chi connectivity index (χ0n) is 10.2. The Kier molecular flexibility index (Phi) is 4.54. The smallest absolute Gasteiger partial charge is 0.329 e. The third-order valence-electron chi connectivity index (χ3n) is 3.08. The number of carboxylic acid groups (broad SMARTS) is 1. The first-order valence-electron chi connectivity index (χ1n) is 5.91. The maximum absolute atomic E-state index is 11.5. The number of hydrogen-bond donors (Lipinski definition) is 3. The van der Waals surface area contributed by atoms with Gasteiger partial charge in [0.15, 0.2) is 0 Å². The van der Waals surface area contributed by atoms with Gasteiger partial charge in [0.1, 0.15) is 5.54 Å². The Morgan fingerprint density at radius 3 is 2.65 bits per heavy atom. The van der Waals surface area contributed by atoms with Crippen LogP contribution in [-0.4, -0.2) is 29.2 Å². The van der Waals surface area contributed by atoms with Gasteiger partial charge in [0.05, 0.1) is 0 Å². The van der Waals surface area contributed by atoms with Gasteiger partial charge in [-0.05, 0) is 38.5 Å². The second-order valence-corrected chi connectivity index (χ2v) is 4.59. The second kappa shape index (κ2) is 5.70. The highest BCUT2D eigenvalue weighted by Gasteiger charge is 2.48. The molecule has 1 rings (SSSR count). The standard InChI is InChI=1S/C12H20N2O3/c1-3-4-5-8-13-11(17)14-12(2,10(15)16)9-6-7-9/h3,9H,1,4-8H2,2H3,(H,15,16)(H2,13,14,17). The Balaban J connectivity index is 2.37. The molecule has 0 saturated heterocycles. The second-order valence-electron chi connectivity index (χ2n) is 4.59. The van der Waals surface area contributed by atoms with Crippen LogP contribution in [0, 0.1) is 5.92 Å². The van der Waals surface area contributed by atoms with Crippen molar-refractivity contribution in [3.8, 4) is 0 Å². The number of urea groups is 1. The van der Waals surface area contributed by atoms with Gasteiger partial charge in [-0.1, -0.05) is 6.08 Å². The van der Waals surface area contributed by atoms with Gasteiger partial charge in [-0.2, -0.15) is 0 Å². The summed E-state index contributed by atoms with van der Waals surface area (Å²) in [5, 5.41) is 14.4. The number of hydrogen-bond acceptors (Lipinski definition) is 2. The van der Waals surface area contributed by atoms with Crippen molar-refractivity contribution >= 4 is 12.0 Å². The predicted molar refractivity (Wildman–Crippen MR) is 64.7 cm³/mol. The van der Waals surface area contributed by atoms with Crippen LogP contribution >= 0.6 is 0 Å². The van der Waals surface area contributed by atoms with Crippen LogP contribution in [0.3, 0.4) is 0 Å². The molecular formula is C12H20N2O3. The highest BCUT2D eigenvalue weighted by Crippen LogP contribution is 2.39. The minimum absolute atomic E-state index is 0.0546. The Labute approximate surface area is 101 Å². The topological polar surface area (TPSA) is 78.4 Å². The minimum atomic E-state index is -1.14. The molecule has 5 nitrogen and oxygen atoms in total. The molecule has 0 heterocycles. The van der Waals surface area contributed by atoms with Crippen molar-refractivity contribution in [2.24, 2.45) is 5.92 Å². The summed E-state index contributed by atoms with van der Waals surface area (Å²) in [7, 11) is 0. The van der Waals surface area contributed by atoms with Crippen LogP contribution in [0.2, 0.25) is 0 Å². The molecule has 2 amide bonds. The molecule has 17 heavy (non-hydrogen) atoms. The lowest BCUT2D eigenvalue weighted by Gasteiger charge is -2.26. The van der Waals surface area contributed by atoms with Crippen molar-refractivity contribution in [1.29, 1.82) is 0 Å². The number of carbonyl (C=O) groups is 2. The van der Waals surface area contributed by atoms with Gasteiger partial charge in [0.2, 0.25) is 0 Å². The van der Waals surface area contributed by atoms with Crippen LogP contribution in [0.1, 0.15) is 32.6 Å². The number of carbonyl (C=O) groups excluding carboxylic acids is 1. The Morgan fingerprint density at radius 2 is 2.18 bits per heavy atom. The number of allylic oxidation sites excluding steroid dienone is 1. The van der Waals surface area contributed by atoms with Crippen LogP contribution in [0.5, 0.6) is 0 Å². The molecule has 0 aliphatic heterocycles. The van der Waals surface area contributed by atoms with Crippen molar-refractivity contribution < 1.29 is 14.7 Å². The van der Waals surface area contributed by atoms with Gasteiger partial charge in [-0.15, -0.1) is 6.58 Å². The van der Waals surface area contributed by atoms with E-state index in [2.05, 4.69) is 17.2 Å². The number of amides is 2. The summed E-state index contributed by atoms with van der Waals surface area (Å²) in [6.07, 6.45) is 5.15. The van der Waals surface area contributed by atoms with E-state index in [1.54, 1.807) is 13.0 Å². The van der Waals surface area contributed by atoms with Crippen LogP contribution in [0.25, 0.3) is 0 Å². The summed E-state index contributed by atoms with van der Waals surface area (Å²) in [5.41, 5.74) is -1.14. The van der Waals surface area contributed by atoms with Crippen LogP contribution in [0.15, 0.2) is 12.7 Å². The van der Waals surface area contributed by atoms with Gasteiger partial charge < -0.3 is 15.7 Å². The fourth-order valence-electron chi connectivity index (χ4n) is 1.72. The Bertz CT molecular complexity index is 313. The molecule has 1 atom stereocenters. The minimum Gasteiger partial charge on any atom is -0.480 e. The van der Waals surface area contributed by atoms with E-state index in [0.29, 0.717) is 6.54 Å². The number of carboxylic acids is 1. The summed E-state index contributed by atoms with van der Waals surface area (Å²) in [4.78, 5) is 22.7. The highest BCUT2D eigenvalue weighted by atomic mass is 16.4. The van der Waals surface area contributed by atoms with E-state index in [0.717, 1.165) is 25.7 Å². The summed E-state index contributed by atoms with van der Waals surface area (Å²) in [6.45, 7) is 5.68. The molecule has 0 bridgehead atoms. The zero-order chi connectivity index (χ0) is 12.9. The van der Waals surface area contributed by atoms with Gasteiger partial charge in [0.25, 0.3) is 0 Å². The summed E-state index contributed by atoms with van der Waals surface area (Å²) < 4.78 is 0. The molecule has 1 fully saturated rings. The van der Waals surface area contributed by atoms with E-state index in [9.17, 15) is 9.59 Å². The molecule has 0 aromatic heterocycles. The zero-order valence-corrected chi connectivity index (χ0v) is 10.2. The van der Waals surface area contributed by atoms with E-state index < -0.39 is 17.5 Å². The molecule has 5 heteroatoms. The molecule has 0 radical (unpaired) electrons. The van der Waals surface area contributed by atoms with Crippen molar-refractivity contribution in [3.63, 3.8) is 0 Å². The molecule has 1 aliphatic carbocycles. The van der Waals surface area contributed by atoms with Gasteiger partial charge in [-0.3, -0.25) is 0 Å². The SMILES string of the molecule is C=CCCCNC(=O)NC(C)(C(=O)O)C1CC1. The average molecular weight is 240 g/mol. The van der Waals surface area contributed by atoms with Crippen molar-refractivity contribution in [3.05, 3.63) is 12.7 Å². The first-order chi connectivity index (χ1) is 8.00. The number of nitrogens with one attached hydrogen (secondary N) is 2. The lowest BCUT2D eigenvalue weighted by molar-refractivity contribution is -0.144. The molecule has 1 unspecified atom stereocenters. The molecule has 0 spiro atoms. The first kappa shape index (κ1) is 13.5. The third-order valence-corrected chi connectivity index (χ3v) is 3.08. The lowest BCUT2D eigenvalue weighted by atomic mass is 9.96. The van der Waals surface area contributed by atoms with Crippen LogP contribution < -0.4 is 10.6 Å². The number of rotatable bonds is 7. The maximum atomic E-state index is 11.5. The maximum Gasteiger partial charge on any atom is 0.329 e. The van der Waals surface area contributed by atoms with Crippen molar-refractivity contribution in [1.82, 2.24) is 10.6 Å². The van der Waals surface area contributed by atoms with Gasteiger partial charge in [0, 0.05) is 6.54 Å². The molecule has 1 saturated carbocycles. The Morgan fingerprint density at radius 1 is 1.53 bits per heavy atom. The van der Waals surface area contributed by atoms with Crippen molar-refractivity contribution in [2.45, 2.75) is 38.1 Å². The largest absolute Gasteiger partial charge is 0.480 e. The van der Waals surface area contributed by atoms with E-state index in [-0.39, 0.29) is 5.92 Å². The quantitative estimate of drug-likeness (QED) is 0.466.